The summed E-state index contributed by atoms with van der Waals surface area (Å²) in [5.74, 6) is 1.82. The van der Waals surface area contributed by atoms with Crippen molar-refractivity contribution in [3.63, 3.8) is 0 Å². The number of nitrogens with zero attached hydrogens (tertiary/aromatic N) is 2. The third-order valence-electron chi connectivity index (χ3n) is 7.83. The van der Waals surface area contributed by atoms with Gasteiger partial charge in [-0.1, -0.05) is 73.3 Å². The maximum absolute atomic E-state index is 11.7. The number of para-hydroxylation sites is 1. The zero-order chi connectivity index (χ0) is 24.8. The lowest BCUT2D eigenvalue weighted by molar-refractivity contribution is -0.0344. The molecule has 1 atom stereocenters. The number of hydrogen-bond acceptors (Lipinski definition) is 4. The van der Waals surface area contributed by atoms with Crippen LogP contribution in [0.1, 0.15) is 49.1 Å². The highest BCUT2D eigenvalue weighted by Crippen LogP contribution is 2.41. The molecule has 1 aliphatic heterocycles. The van der Waals surface area contributed by atoms with Crippen molar-refractivity contribution in [2.45, 2.75) is 50.2 Å². The quantitative estimate of drug-likeness (QED) is 0.299. The van der Waals surface area contributed by atoms with Gasteiger partial charge in [0.05, 0.1) is 5.60 Å². The highest BCUT2D eigenvalue weighted by atomic mass is 35.5. The van der Waals surface area contributed by atoms with E-state index in [4.69, 9.17) is 16.3 Å². The van der Waals surface area contributed by atoms with Crippen LogP contribution in [-0.2, 0) is 6.54 Å². The van der Waals surface area contributed by atoms with Crippen molar-refractivity contribution in [2.75, 3.05) is 32.7 Å². The van der Waals surface area contributed by atoms with Crippen LogP contribution in [-0.4, -0.2) is 53.2 Å². The SMILES string of the molecule is Cl.Cl.OC1(C(CN2CCN(Cc3ccc(Oc4ccccc4)cc3)CC2)c2cccc(Cl)c2)CCCCC1. The normalized spacial score (nSPS) is 18.6. The van der Waals surface area contributed by atoms with Crippen molar-refractivity contribution in [3.8, 4) is 11.5 Å². The molecule has 1 aliphatic carbocycles. The maximum Gasteiger partial charge on any atom is 0.127 e. The second kappa shape index (κ2) is 14.6. The Hall–Kier alpha value is -1.79. The second-order valence-corrected chi connectivity index (χ2v) is 10.8. The molecule has 0 radical (unpaired) electrons. The van der Waals surface area contributed by atoms with Gasteiger partial charge in [-0.2, -0.15) is 0 Å². The molecule has 1 N–H and O–H groups in total. The van der Waals surface area contributed by atoms with Gasteiger partial charge in [0.15, 0.2) is 0 Å². The lowest BCUT2D eigenvalue weighted by Crippen LogP contribution is -2.50. The summed E-state index contributed by atoms with van der Waals surface area (Å²) in [6.07, 6.45) is 5.21. The molecule has 0 amide bonds. The average molecular weight is 578 g/mol. The van der Waals surface area contributed by atoms with Crippen LogP contribution >= 0.6 is 36.4 Å². The van der Waals surface area contributed by atoms with Crippen LogP contribution in [0.15, 0.2) is 78.9 Å². The van der Waals surface area contributed by atoms with Gasteiger partial charge in [0.2, 0.25) is 0 Å². The van der Waals surface area contributed by atoms with Gasteiger partial charge in [-0.3, -0.25) is 4.90 Å². The fraction of sp³-hybridized carbons (Fsp3) is 0.419. The first kappa shape index (κ1) is 30.7. The van der Waals surface area contributed by atoms with Gasteiger partial charge >= 0.3 is 0 Å². The van der Waals surface area contributed by atoms with Crippen LogP contribution in [0.2, 0.25) is 5.02 Å². The van der Waals surface area contributed by atoms with Gasteiger partial charge in [0.25, 0.3) is 0 Å². The third kappa shape index (κ3) is 8.11. The number of aliphatic hydroxyl groups is 1. The molecular weight excluding hydrogens is 539 g/mol. The first-order chi connectivity index (χ1) is 17.6. The van der Waals surface area contributed by atoms with E-state index in [9.17, 15) is 5.11 Å². The Kier molecular flexibility index (Phi) is 11.8. The van der Waals surface area contributed by atoms with Crippen molar-refractivity contribution in [2.24, 2.45) is 0 Å². The smallest absolute Gasteiger partial charge is 0.127 e. The van der Waals surface area contributed by atoms with Gasteiger partial charge in [0.1, 0.15) is 11.5 Å². The van der Waals surface area contributed by atoms with Crippen molar-refractivity contribution < 1.29 is 9.84 Å². The number of piperazine rings is 1. The van der Waals surface area contributed by atoms with E-state index in [-0.39, 0.29) is 30.7 Å². The highest BCUT2D eigenvalue weighted by molar-refractivity contribution is 6.30. The Balaban J connectivity index is 0.00000200. The van der Waals surface area contributed by atoms with Crippen LogP contribution in [0.3, 0.4) is 0 Å². The first-order valence-electron chi connectivity index (χ1n) is 13.3. The fourth-order valence-corrected chi connectivity index (χ4v) is 5.95. The summed E-state index contributed by atoms with van der Waals surface area (Å²) in [5.41, 5.74) is 1.84. The van der Waals surface area contributed by atoms with Gasteiger partial charge in [0, 0.05) is 50.2 Å². The Labute approximate surface area is 244 Å². The summed E-state index contributed by atoms with van der Waals surface area (Å²) in [5, 5.41) is 12.4. The molecule has 2 aliphatic rings. The maximum atomic E-state index is 11.7. The number of halogens is 3. The fourth-order valence-electron chi connectivity index (χ4n) is 5.76. The first-order valence-corrected chi connectivity index (χ1v) is 13.7. The second-order valence-electron chi connectivity index (χ2n) is 10.4. The van der Waals surface area contributed by atoms with Crippen molar-refractivity contribution in [1.82, 2.24) is 9.80 Å². The molecule has 38 heavy (non-hydrogen) atoms. The van der Waals surface area contributed by atoms with E-state index in [2.05, 4.69) is 46.2 Å². The lowest BCUT2D eigenvalue weighted by atomic mass is 9.72. The number of benzene rings is 3. The molecule has 0 bridgehead atoms. The lowest BCUT2D eigenvalue weighted by Gasteiger charge is -2.43. The molecule has 1 unspecified atom stereocenters. The molecule has 4 nitrogen and oxygen atoms in total. The monoisotopic (exact) mass is 576 g/mol. The summed E-state index contributed by atoms with van der Waals surface area (Å²) in [4.78, 5) is 5.05. The molecule has 3 aromatic rings. The zero-order valence-corrected chi connectivity index (χ0v) is 24.2. The molecule has 0 spiro atoms. The summed E-state index contributed by atoms with van der Waals surface area (Å²) < 4.78 is 5.93. The largest absolute Gasteiger partial charge is 0.457 e. The summed E-state index contributed by atoms with van der Waals surface area (Å²) in [6.45, 7) is 5.92. The zero-order valence-electron chi connectivity index (χ0n) is 21.8. The van der Waals surface area contributed by atoms with E-state index in [0.717, 1.165) is 81.5 Å². The van der Waals surface area contributed by atoms with Crippen LogP contribution in [0.25, 0.3) is 0 Å². The van der Waals surface area contributed by atoms with Crippen molar-refractivity contribution in [3.05, 3.63) is 95.0 Å². The van der Waals surface area contributed by atoms with Gasteiger partial charge < -0.3 is 14.7 Å². The molecule has 1 saturated heterocycles. The molecule has 1 heterocycles. The molecule has 3 aromatic carbocycles. The molecule has 1 saturated carbocycles. The molecular formula is C31H39Cl3N2O2. The van der Waals surface area contributed by atoms with Gasteiger partial charge in [-0.05, 0) is 60.4 Å². The minimum absolute atomic E-state index is 0. The highest BCUT2D eigenvalue weighted by Gasteiger charge is 2.40. The van der Waals surface area contributed by atoms with Crippen LogP contribution < -0.4 is 4.74 Å². The molecule has 0 aromatic heterocycles. The van der Waals surface area contributed by atoms with E-state index in [0.29, 0.717) is 0 Å². The molecule has 2 fully saturated rings. The molecule has 5 rings (SSSR count). The Morgan fingerprint density at radius 2 is 1.39 bits per heavy atom. The predicted octanol–water partition coefficient (Wildman–Crippen LogP) is 7.57. The summed E-state index contributed by atoms with van der Waals surface area (Å²) >= 11 is 6.35. The summed E-state index contributed by atoms with van der Waals surface area (Å²) in [6, 6.07) is 26.5. The van der Waals surface area contributed by atoms with Crippen molar-refractivity contribution >= 4 is 36.4 Å². The predicted molar refractivity (Wildman–Crippen MR) is 161 cm³/mol. The third-order valence-corrected chi connectivity index (χ3v) is 8.07. The van der Waals surface area contributed by atoms with Crippen LogP contribution in [0, 0.1) is 0 Å². The number of rotatable bonds is 8. The number of hydrogen-bond donors (Lipinski definition) is 1. The van der Waals surface area contributed by atoms with Gasteiger partial charge in [-0.15, -0.1) is 24.8 Å². The number of ether oxygens (including phenoxy) is 1. The summed E-state index contributed by atoms with van der Waals surface area (Å²) in [7, 11) is 0. The minimum Gasteiger partial charge on any atom is -0.457 e. The van der Waals surface area contributed by atoms with E-state index in [1.54, 1.807) is 0 Å². The molecule has 206 valence electrons. The Morgan fingerprint density at radius 1 is 0.763 bits per heavy atom. The average Bonchev–Trinajstić information content (AvgIpc) is 2.90. The van der Waals surface area contributed by atoms with Gasteiger partial charge in [-0.25, -0.2) is 0 Å². The molecule has 7 heteroatoms. The van der Waals surface area contributed by atoms with Crippen molar-refractivity contribution in [1.29, 1.82) is 0 Å². The standard InChI is InChI=1S/C31H37ClN2O2.2ClH/c32-27-9-7-8-26(22-27)30(31(35)16-5-2-6-17-31)24-34-20-18-33(19-21-34)23-25-12-14-29(15-13-25)36-28-10-3-1-4-11-28;;/h1,3-4,7-15,22,30,35H,2,5-6,16-21,23-24H2;2*1H. The van der Waals surface area contributed by atoms with Crippen LogP contribution in [0.4, 0.5) is 0 Å². The minimum atomic E-state index is -0.635. The topological polar surface area (TPSA) is 35.9 Å². The Morgan fingerprint density at radius 3 is 2.05 bits per heavy atom. The van der Waals surface area contributed by atoms with E-state index in [1.807, 2.05) is 42.5 Å². The van der Waals surface area contributed by atoms with E-state index >= 15 is 0 Å². The Bertz CT molecular complexity index is 1100. The van der Waals surface area contributed by atoms with E-state index in [1.165, 1.54) is 17.5 Å². The van der Waals surface area contributed by atoms with Crippen LogP contribution in [0.5, 0.6) is 11.5 Å². The van der Waals surface area contributed by atoms with E-state index < -0.39 is 5.60 Å².